The summed E-state index contributed by atoms with van der Waals surface area (Å²) >= 11 is 0. The second kappa shape index (κ2) is 14.0. The van der Waals surface area contributed by atoms with E-state index < -0.39 is 5.66 Å². The fourth-order valence-electron chi connectivity index (χ4n) is 4.56. The minimum absolute atomic E-state index is 0.0415. The zero-order valence-electron chi connectivity index (χ0n) is 22.8. The number of rotatable bonds is 13. The second-order valence-electron chi connectivity index (χ2n) is 10.1. The molecule has 1 fully saturated rings. The molecule has 1 saturated heterocycles. The molecule has 0 spiro atoms. The Morgan fingerprint density at radius 2 is 1.68 bits per heavy atom. The highest BCUT2D eigenvalue weighted by molar-refractivity contribution is 5.76. The van der Waals surface area contributed by atoms with E-state index in [-0.39, 0.29) is 35.9 Å². The summed E-state index contributed by atoms with van der Waals surface area (Å²) in [7, 11) is 1.97. The molecule has 1 rings (SSSR count). The number of likely N-dealkylation sites (N-methyl/N-ethyl adjacent to an activating group) is 1. The molecule has 0 saturated carbocycles. The molecule has 2 atom stereocenters. The highest BCUT2D eigenvalue weighted by atomic mass is 16.5. The van der Waals surface area contributed by atoms with E-state index in [1.54, 1.807) is 11.8 Å². The Balaban J connectivity index is 2.76. The van der Waals surface area contributed by atoms with Crippen LogP contribution in [0.3, 0.4) is 0 Å². The number of nitrogens with zero attached hydrogens (tertiary/aromatic N) is 4. The molecule has 0 aromatic carbocycles. The molecule has 9 heteroatoms. The van der Waals surface area contributed by atoms with Gasteiger partial charge < -0.3 is 20.3 Å². The zero-order chi connectivity index (χ0) is 26.1. The smallest absolute Gasteiger partial charge is 0.309 e. The van der Waals surface area contributed by atoms with Gasteiger partial charge in [-0.25, -0.2) is 0 Å². The summed E-state index contributed by atoms with van der Waals surface area (Å²) in [6, 6.07) is 0.136. The Labute approximate surface area is 206 Å². The van der Waals surface area contributed by atoms with Crippen molar-refractivity contribution in [3.8, 4) is 0 Å². The lowest BCUT2D eigenvalue weighted by Crippen LogP contribution is -2.64. The molecule has 0 aromatic heterocycles. The van der Waals surface area contributed by atoms with Crippen LogP contribution in [0.5, 0.6) is 0 Å². The number of amides is 2. The first-order valence-corrected chi connectivity index (χ1v) is 12.8. The molecule has 0 radical (unpaired) electrons. The van der Waals surface area contributed by atoms with E-state index in [1.165, 1.54) is 0 Å². The molecule has 1 heterocycles. The summed E-state index contributed by atoms with van der Waals surface area (Å²) in [5, 5.41) is 0. The largest absolute Gasteiger partial charge is 0.466 e. The van der Waals surface area contributed by atoms with Crippen molar-refractivity contribution in [2.24, 2.45) is 11.7 Å². The molecule has 2 amide bonds. The van der Waals surface area contributed by atoms with Crippen molar-refractivity contribution in [1.29, 1.82) is 0 Å². The molecule has 2 N–H and O–H groups in total. The fraction of sp³-hybridized carbons (Fsp3) is 0.880. The van der Waals surface area contributed by atoms with Gasteiger partial charge in [-0.3, -0.25) is 24.2 Å². The number of hydrogen-bond donors (Lipinski definition) is 1. The predicted molar refractivity (Wildman–Crippen MR) is 135 cm³/mol. The van der Waals surface area contributed by atoms with Gasteiger partial charge >= 0.3 is 5.97 Å². The SMILES string of the molecule is CCCC(=O)N(CCN(C)C(C)N(CC(C)(N)N1CCC(C(=O)OCC)CC1)C(C)=O)C(C)C. The minimum Gasteiger partial charge on any atom is -0.466 e. The van der Waals surface area contributed by atoms with Crippen LogP contribution in [0, 0.1) is 5.92 Å². The topological polar surface area (TPSA) is 99.4 Å². The van der Waals surface area contributed by atoms with Gasteiger partial charge in [0.2, 0.25) is 11.8 Å². The second-order valence-corrected chi connectivity index (χ2v) is 10.1. The number of ether oxygens (including phenoxy) is 1. The standard InChI is InChI=1S/C25H49N5O4/c1-9-11-23(32)29(19(3)4)17-16-27(8)20(5)30(21(6)31)18-25(7,26)28-14-12-22(13-15-28)24(33)34-10-2/h19-20,22H,9-18,26H2,1-8H3. The zero-order valence-corrected chi connectivity index (χ0v) is 22.8. The minimum atomic E-state index is -0.721. The van der Waals surface area contributed by atoms with Crippen molar-refractivity contribution in [1.82, 2.24) is 19.6 Å². The average Bonchev–Trinajstić information content (AvgIpc) is 2.77. The van der Waals surface area contributed by atoms with E-state index >= 15 is 0 Å². The molecule has 34 heavy (non-hydrogen) atoms. The van der Waals surface area contributed by atoms with E-state index in [0.29, 0.717) is 58.6 Å². The summed E-state index contributed by atoms with van der Waals surface area (Å²) < 4.78 is 5.17. The maximum atomic E-state index is 12.6. The van der Waals surface area contributed by atoms with E-state index in [4.69, 9.17) is 10.5 Å². The number of hydrogen-bond acceptors (Lipinski definition) is 7. The molecule has 1 aliphatic rings. The fourth-order valence-corrected chi connectivity index (χ4v) is 4.56. The van der Waals surface area contributed by atoms with Crippen LogP contribution in [-0.4, -0.2) is 102 Å². The van der Waals surface area contributed by atoms with Gasteiger partial charge in [0.15, 0.2) is 0 Å². The molecule has 0 aromatic rings. The molecule has 9 nitrogen and oxygen atoms in total. The number of nitrogens with two attached hydrogens (primary N) is 1. The highest BCUT2D eigenvalue weighted by Gasteiger charge is 2.37. The van der Waals surface area contributed by atoms with Crippen molar-refractivity contribution >= 4 is 17.8 Å². The van der Waals surface area contributed by atoms with Gasteiger partial charge in [-0.15, -0.1) is 0 Å². The monoisotopic (exact) mass is 483 g/mol. The van der Waals surface area contributed by atoms with E-state index in [9.17, 15) is 14.4 Å². The van der Waals surface area contributed by atoms with Gasteiger partial charge in [-0.05, 0) is 60.9 Å². The van der Waals surface area contributed by atoms with E-state index in [1.807, 2.05) is 53.5 Å². The summed E-state index contributed by atoms with van der Waals surface area (Å²) in [6.45, 7) is 16.8. The maximum Gasteiger partial charge on any atom is 0.309 e. The van der Waals surface area contributed by atoms with Crippen molar-refractivity contribution in [3.05, 3.63) is 0 Å². The van der Waals surface area contributed by atoms with E-state index in [2.05, 4.69) is 9.80 Å². The Morgan fingerprint density at radius 1 is 1.09 bits per heavy atom. The first-order chi connectivity index (χ1) is 15.8. The Morgan fingerprint density at radius 3 is 2.15 bits per heavy atom. The van der Waals surface area contributed by atoms with Gasteiger partial charge in [0.05, 0.1) is 30.9 Å². The summed E-state index contributed by atoms with van der Waals surface area (Å²) in [5.41, 5.74) is 6.01. The third kappa shape index (κ3) is 8.82. The lowest BCUT2D eigenvalue weighted by atomic mass is 9.94. The number of carbonyl (C=O) groups excluding carboxylic acids is 3. The van der Waals surface area contributed by atoms with Crippen LogP contribution in [0.25, 0.3) is 0 Å². The average molecular weight is 484 g/mol. The number of likely N-dealkylation sites (tertiary alicyclic amines) is 1. The van der Waals surface area contributed by atoms with Crippen molar-refractivity contribution in [2.75, 3.05) is 46.4 Å². The maximum absolute atomic E-state index is 12.6. The molecule has 0 aliphatic carbocycles. The normalized spacial score (nSPS) is 18.0. The third-order valence-electron chi connectivity index (χ3n) is 6.92. The molecule has 198 valence electrons. The first-order valence-electron chi connectivity index (χ1n) is 12.8. The molecule has 1 aliphatic heterocycles. The highest BCUT2D eigenvalue weighted by Crippen LogP contribution is 2.24. The summed E-state index contributed by atoms with van der Waals surface area (Å²) in [6.07, 6.45) is 2.62. The van der Waals surface area contributed by atoms with Crippen LogP contribution >= 0.6 is 0 Å². The Hall–Kier alpha value is -1.71. The third-order valence-corrected chi connectivity index (χ3v) is 6.92. The van der Waals surface area contributed by atoms with Crippen LogP contribution < -0.4 is 5.73 Å². The quantitative estimate of drug-likeness (QED) is 0.316. The van der Waals surface area contributed by atoms with Crippen LogP contribution in [-0.2, 0) is 19.1 Å². The van der Waals surface area contributed by atoms with Crippen LogP contribution in [0.4, 0.5) is 0 Å². The molecule has 0 bridgehead atoms. The number of esters is 1. The first kappa shape index (κ1) is 30.3. The van der Waals surface area contributed by atoms with Crippen molar-refractivity contribution < 1.29 is 19.1 Å². The van der Waals surface area contributed by atoms with Crippen LogP contribution in [0.2, 0.25) is 0 Å². The predicted octanol–water partition coefficient (Wildman–Crippen LogP) is 2.10. The van der Waals surface area contributed by atoms with Crippen LogP contribution in [0.1, 0.15) is 74.1 Å². The van der Waals surface area contributed by atoms with Crippen molar-refractivity contribution in [2.45, 2.75) is 92.0 Å². The number of piperidine rings is 1. The van der Waals surface area contributed by atoms with Gasteiger partial charge in [-0.2, -0.15) is 0 Å². The molecule has 2 unspecified atom stereocenters. The van der Waals surface area contributed by atoms with Crippen LogP contribution in [0.15, 0.2) is 0 Å². The van der Waals surface area contributed by atoms with Gasteiger partial charge in [0.1, 0.15) is 0 Å². The van der Waals surface area contributed by atoms with Gasteiger partial charge in [-0.1, -0.05) is 6.92 Å². The summed E-state index contributed by atoms with van der Waals surface area (Å²) in [4.78, 5) is 45.1. The lowest BCUT2D eigenvalue weighted by Gasteiger charge is -2.46. The molecular formula is C25H49N5O4. The van der Waals surface area contributed by atoms with Crippen molar-refractivity contribution in [3.63, 3.8) is 0 Å². The number of carbonyl (C=O) groups is 3. The summed E-state index contributed by atoms with van der Waals surface area (Å²) in [5.74, 6) is -0.0856. The van der Waals surface area contributed by atoms with Gasteiger partial charge in [0.25, 0.3) is 0 Å². The van der Waals surface area contributed by atoms with Gasteiger partial charge in [0, 0.05) is 45.6 Å². The Bertz CT molecular complexity index is 662. The molecular weight excluding hydrogens is 434 g/mol. The lowest BCUT2D eigenvalue weighted by molar-refractivity contribution is -0.150. The van der Waals surface area contributed by atoms with E-state index in [0.717, 1.165) is 6.42 Å². The Kier molecular flexibility index (Phi) is 12.5.